The number of hydrogen-bond donors (Lipinski definition) is 0. The Morgan fingerprint density at radius 3 is 1.12 bits per heavy atom. The Balaban J connectivity index is 2.04. The van der Waals surface area contributed by atoms with E-state index in [4.69, 9.17) is 0 Å². The molecule has 1 spiro atoms. The van der Waals surface area contributed by atoms with Crippen molar-refractivity contribution in [3.05, 3.63) is 46.6 Å². The standard InChI is InChI=1S/C17H20/c1-5-13-7-2-9-15-11-4-12-16-10-3-8-14(6-1)17(13,15)16/h5,8-9,12H,1-4,6-7,10-11H2. The summed E-state index contributed by atoms with van der Waals surface area (Å²) in [5.41, 5.74) is 7.32. The van der Waals surface area contributed by atoms with Crippen LogP contribution < -0.4 is 0 Å². The van der Waals surface area contributed by atoms with Crippen molar-refractivity contribution in [1.82, 2.24) is 0 Å². The average Bonchev–Trinajstić information content (AvgIpc) is 2.39. The lowest BCUT2D eigenvalue weighted by molar-refractivity contribution is 0.445. The Bertz CT molecular complexity index is 389. The van der Waals surface area contributed by atoms with E-state index in [1.165, 1.54) is 51.4 Å². The molecule has 4 rings (SSSR count). The van der Waals surface area contributed by atoms with Crippen molar-refractivity contribution in [3.8, 4) is 0 Å². The Labute approximate surface area is 104 Å². The molecule has 0 saturated heterocycles. The highest BCUT2D eigenvalue weighted by Gasteiger charge is 2.48. The topological polar surface area (TPSA) is 0 Å². The molecule has 0 heterocycles. The highest BCUT2D eigenvalue weighted by Crippen LogP contribution is 2.61. The summed E-state index contributed by atoms with van der Waals surface area (Å²) in [6.07, 6.45) is 20.6. The third kappa shape index (κ3) is 1.14. The molecule has 0 aromatic carbocycles. The van der Waals surface area contributed by atoms with Crippen LogP contribution in [0, 0.1) is 5.41 Å². The molecular weight excluding hydrogens is 204 g/mol. The summed E-state index contributed by atoms with van der Waals surface area (Å²) in [6, 6.07) is 0. The molecule has 0 nitrogen and oxygen atoms in total. The summed E-state index contributed by atoms with van der Waals surface area (Å²) in [6.45, 7) is 0. The van der Waals surface area contributed by atoms with Crippen LogP contribution in [0.4, 0.5) is 0 Å². The van der Waals surface area contributed by atoms with Gasteiger partial charge in [0.1, 0.15) is 0 Å². The Kier molecular flexibility index (Phi) is 2.03. The molecule has 0 radical (unpaired) electrons. The van der Waals surface area contributed by atoms with Crippen LogP contribution in [0.2, 0.25) is 0 Å². The summed E-state index contributed by atoms with van der Waals surface area (Å²) in [7, 11) is 0. The quantitative estimate of drug-likeness (QED) is 0.516. The summed E-state index contributed by atoms with van der Waals surface area (Å²) < 4.78 is 0. The van der Waals surface area contributed by atoms with Gasteiger partial charge in [0.2, 0.25) is 0 Å². The highest BCUT2D eigenvalue weighted by atomic mass is 14.5. The van der Waals surface area contributed by atoms with Gasteiger partial charge in [-0.1, -0.05) is 46.6 Å². The van der Waals surface area contributed by atoms with Crippen molar-refractivity contribution in [2.45, 2.75) is 51.4 Å². The van der Waals surface area contributed by atoms with Gasteiger partial charge in [0.15, 0.2) is 0 Å². The molecule has 0 aliphatic heterocycles. The number of hydrogen-bond acceptors (Lipinski definition) is 0. The van der Waals surface area contributed by atoms with Crippen LogP contribution >= 0.6 is 0 Å². The maximum Gasteiger partial charge on any atom is 0.0541 e. The SMILES string of the molecule is C1=C2CCC=C3CCC=C4CCC=C(CC1)C234. The second-order valence-electron chi connectivity index (χ2n) is 5.82. The number of rotatable bonds is 0. The van der Waals surface area contributed by atoms with Gasteiger partial charge < -0.3 is 0 Å². The molecule has 88 valence electrons. The lowest BCUT2D eigenvalue weighted by Gasteiger charge is -2.51. The van der Waals surface area contributed by atoms with Gasteiger partial charge in [-0.05, 0) is 51.4 Å². The molecule has 0 fully saturated rings. The van der Waals surface area contributed by atoms with E-state index >= 15 is 0 Å². The van der Waals surface area contributed by atoms with Gasteiger partial charge >= 0.3 is 0 Å². The maximum absolute atomic E-state index is 2.56. The van der Waals surface area contributed by atoms with Gasteiger partial charge in [-0.25, -0.2) is 0 Å². The molecule has 0 heteroatoms. The van der Waals surface area contributed by atoms with E-state index in [9.17, 15) is 0 Å². The minimum absolute atomic E-state index is 0.326. The molecule has 17 heavy (non-hydrogen) atoms. The van der Waals surface area contributed by atoms with E-state index in [0.717, 1.165) is 0 Å². The molecule has 0 saturated carbocycles. The minimum Gasteiger partial charge on any atom is -0.0835 e. The van der Waals surface area contributed by atoms with Crippen molar-refractivity contribution in [3.63, 3.8) is 0 Å². The Hall–Kier alpha value is -1.04. The lowest BCUT2D eigenvalue weighted by atomic mass is 9.52. The van der Waals surface area contributed by atoms with E-state index in [2.05, 4.69) is 24.3 Å². The first-order valence-electron chi connectivity index (χ1n) is 7.20. The van der Waals surface area contributed by atoms with Crippen molar-refractivity contribution >= 4 is 0 Å². The van der Waals surface area contributed by atoms with Crippen molar-refractivity contribution in [2.75, 3.05) is 0 Å². The number of allylic oxidation sites excluding steroid dienone is 8. The van der Waals surface area contributed by atoms with Gasteiger partial charge in [0.05, 0.1) is 5.41 Å². The molecular formula is C17H20. The van der Waals surface area contributed by atoms with Gasteiger partial charge in [-0.15, -0.1) is 0 Å². The molecule has 4 aliphatic carbocycles. The second-order valence-corrected chi connectivity index (χ2v) is 5.82. The monoisotopic (exact) mass is 224 g/mol. The van der Waals surface area contributed by atoms with E-state index in [0.29, 0.717) is 5.41 Å². The fourth-order valence-electron chi connectivity index (χ4n) is 4.62. The molecule has 0 aromatic rings. The van der Waals surface area contributed by atoms with Crippen molar-refractivity contribution in [2.24, 2.45) is 5.41 Å². The molecule has 0 atom stereocenters. The van der Waals surface area contributed by atoms with Crippen LogP contribution in [0.1, 0.15) is 51.4 Å². The molecule has 4 aliphatic rings. The third-order valence-corrected chi connectivity index (χ3v) is 5.14. The average molecular weight is 224 g/mol. The zero-order valence-electron chi connectivity index (χ0n) is 10.5. The van der Waals surface area contributed by atoms with Gasteiger partial charge in [-0.3, -0.25) is 0 Å². The van der Waals surface area contributed by atoms with Gasteiger partial charge in [-0.2, -0.15) is 0 Å². The maximum atomic E-state index is 2.56. The van der Waals surface area contributed by atoms with Crippen LogP contribution in [0.5, 0.6) is 0 Å². The highest BCUT2D eigenvalue weighted by molar-refractivity contribution is 5.57. The lowest BCUT2D eigenvalue weighted by Crippen LogP contribution is -2.38. The van der Waals surface area contributed by atoms with E-state index < -0.39 is 0 Å². The first-order valence-corrected chi connectivity index (χ1v) is 7.20. The molecule has 0 unspecified atom stereocenters. The Morgan fingerprint density at radius 2 is 0.824 bits per heavy atom. The minimum atomic E-state index is 0.326. The molecule has 0 N–H and O–H groups in total. The second kappa shape index (κ2) is 3.48. The van der Waals surface area contributed by atoms with E-state index in [1.54, 1.807) is 22.3 Å². The Morgan fingerprint density at radius 1 is 0.529 bits per heavy atom. The summed E-state index contributed by atoms with van der Waals surface area (Å²) in [4.78, 5) is 0. The van der Waals surface area contributed by atoms with Crippen LogP contribution in [-0.4, -0.2) is 0 Å². The van der Waals surface area contributed by atoms with Crippen molar-refractivity contribution in [1.29, 1.82) is 0 Å². The predicted octanol–water partition coefficient (Wildman–Crippen LogP) is 4.85. The van der Waals surface area contributed by atoms with Crippen molar-refractivity contribution < 1.29 is 0 Å². The third-order valence-electron chi connectivity index (χ3n) is 5.14. The van der Waals surface area contributed by atoms with E-state index in [1.807, 2.05) is 0 Å². The predicted molar refractivity (Wildman–Crippen MR) is 71.7 cm³/mol. The van der Waals surface area contributed by atoms with Crippen LogP contribution in [0.3, 0.4) is 0 Å². The first-order chi connectivity index (χ1) is 8.42. The normalized spacial score (nSPS) is 29.2. The molecule has 0 bridgehead atoms. The summed E-state index contributed by atoms with van der Waals surface area (Å²) in [5.74, 6) is 0. The molecule has 0 amide bonds. The van der Waals surface area contributed by atoms with Crippen LogP contribution in [0.15, 0.2) is 46.6 Å². The van der Waals surface area contributed by atoms with Crippen LogP contribution in [0.25, 0.3) is 0 Å². The van der Waals surface area contributed by atoms with Crippen LogP contribution in [-0.2, 0) is 0 Å². The van der Waals surface area contributed by atoms with E-state index in [-0.39, 0.29) is 0 Å². The largest absolute Gasteiger partial charge is 0.0835 e. The zero-order chi connectivity index (χ0) is 11.3. The van der Waals surface area contributed by atoms with Gasteiger partial charge in [0.25, 0.3) is 0 Å². The smallest absolute Gasteiger partial charge is 0.0541 e. The first kappa shape index (κ1) is 9.94. The fraction of sp³-hybridized carbons (Fsp3) is 0.529. The molecule has 0 aromatic heterocycles. The summed E-state index contributed by atoms with van der Waals surface area (Å²) in [5, 5.41) is 0. The zero-order valence-corrected chi connectivity index (χ0v) is 10.5. The fourth-order valence-corrected chi connectivity index (χ4v) is 4.62. The summed E-state index contributed by atoms with van der Waals surface area (Å²) >= 11 is 0. The van der Waals surface area contributed by atoms with Gasteiger partial charge in [0, 0.05) is 0 Å².